The molecule has 0 radical (unpaired) electrons. The molecule has 136 valence electrons. The molecule has 1 aliphatic heterocycles. The maximum absolute atomic E-state index is 13.0. The highest BCUT2D eigenvalue weighted by Gasteiger charge is 2.29. The fourth-order valence-corrected chi connectivity index (χ4v) is 5.20. The lowest BCUT2D eigenvalue weighted by Crippen LogP contribution is -2.35. The molecule has 1 aromatic carbocycles. The van der Waals surface area contributed by atoms with E-state index >= 15 is 0 Å². The van der Waals surface area contributed by atoms with Gasteiger partial charge in [0.25, 0.3) is 0 Å². The fraction of sp³-hybridized carbons (Fsp3) is 0.294. The van der Waals surface area contributed by atoms with Crippen molar-refractivity contribution in [2.45, 2.75) is 11.3 Å². The van der Waals surface area contributed by atoms with Gasteiger partial charge in [-0.2, -0.15) is 9.57 Å². The Balaban J connectivity index is 1.86. The van der Waals surface area contributed by atoms with E-state index in [1.54, 1.807) is 12.1 Å². The molecular formula is C17H16Cl2N4O2S. The van der Waals surface area contributed by atoms with Gasteiger partial charge in [0.15, 0.2) is 0 Å². The molecule has 0 aliphatic carbocycles. The lowest BCUT2D eigenvalue weighted by molar-refractivity contribution is 0.433. The molecule has 3 rings (SSSR count). The molecule has 0 saturated carbocycles. The van der Waals surface area contributed by atoms with Crippen LogP contribution in [0.15, 0.2) is 41.6 Å². The van der Waals surface area contributed by atoms with Gasteiger partial charge < -0.3 is 4.90 Å². The molecule has 0 N–H and O–H groups in total. The summed E-state index contributed by atoms with van der Waals surface area (Å²) in [5.74, 6) is 0. The van der Waals surface area contributed by atoms with E-state index in [2.05, 4.69) is 4.98 Å². The predicted octanol–water partition coefficient (Wildman–Crippen LogP) is 3.16. The molecule has 1 aromatic heterocycles. The van der Waals surface area contributed by atoms with Crippen LogP contribution in [0.5, 0.6) is 0 Å². The highest BCUT2D eigenvalue weighted by molar-refractivity contribution is 7.89. The first-order chi connectivity index (χ1) is 12.4. The SMILES string of the molecule is N#Cc1ccccc1S(=O)(=O)N1CCCN(c2c(Cl)cncc2Cl)CC1. The molecule has 2 aromatic rings. The second-order valence-corrected chi connectivity index (χ2v) is 8.53. The van der Waals surface area contributed by atoms with Crippen LogP contribution in [-0.2, 0) is 10.0 Å². The van der Waals surface area contributed by atoms with Gasteiger partial charge in [-0.25, -0.2) is 8.42 Å². The molecule has 6 nitrogen and oxygen atoms in total. The summed E-state index contributed by atoms with van der Waals surface area (Å²) in [6.07, 6.45) is 3.65. The molecule has 1 fully saturated rings. The second kappa shape index (κ2) is 7.80. The summed E-state index contributed by atoms with van der Waals surface area (Å²) >= 11 is 12.4. The Bertz CT molecular complexity index is 939. The van der Waals surface area contributed by atoms with Crippen molar-refractivity contribution in [3.63, 3.8) is 0 Å². The van der Waals surface area contributed by atoms with Crippen LogP contribution < -0.4 is 4.90 Å². The average Bonchev–Trinajstić information content (AvgIpc) is 2.88. The van der Waals surface area contributed by atoms with Gasteiger partial charge in [-0.3, -0.25) is 4.98 Å². The number of benzene rings is 1. The number of nitrogens with zero attached hydrogens (tertiary/aromatic N) is 4. The van der Waals surface area contributed by atoms with E-state index in [1.807, 2.05) is 11.0 Å². The topological polar surface area (TPSA) is 77.3 Å². The highest BCUT2D eigenvalue weighted by atomic mass is 35.5. The molecule has 0 spiro atoms. The number of hydrogen-bond donors (Lipinski definition) is 0. The molecule has 0 bridgehead atoms. The van der Waals surface area contributed by atoms with Gasteiger partial charge >= 0.3 is 0 Å². The van der Waals surface area contributed by atoms with Crippen LogP contribution in [0.3, 0.4) is 0 Å². The summed E-state index contributed by atoms with van der Waals surface area (Å²) in [7, 11) is -3.75. The standard InChI is InChI=1S/C17H16Cl2N4O2S/c18-14-11-21-12-15(19)17(14)22-6-3-7-23(9-8-22)26(24,25)16-5-2-1-4-13(16)10-20/h1-2,4-5,11-12H,3,6-9H2. The lowest BCUT2D eigenvalue weighted by Gasteiger charge is -2.25. The Morgan fingerprint density at radius 2 is 1.73 bits per heavy atom. The van der Waals surface area contributed by atoms with E-state index in [4.69, 9.17) is 23.2 Å². The maximum atomic E-state index is 13.0. The van der Waals surface area contributed by atoms with Gasteiger partial charge in [-0.05, 0) is 18.6 Å². The Kier molecular flexibility index (Phi) is 5.68. The van der Waals surface area contributed by atoms with Crippen molar-refractivity contribution in [3.05, 3.63) is 52.3 Å². The summed E-state index contributed by atoms with van der Waals surface area (Å²) < 4.78 is 27.4. The molecule has 1 saturated heterocycles. The average molecular weight is 411 g/mol. The third kappa shape index (κ3) is 3.64. The summed E-state index contributed by atoms with van der Waals surface area (Å²) in [5, 5.41) is 10.1. The number of aromatic nitrogens is 1. The van der Waals surface area contributed by atoms with Crippen LogP contribution >= 0.6 is 23.2 Å². The number of nitriles is 1. The van der Waals surface area contributed by atoms with Crippen molar-refractivity contribution >= 4 is 38.9 Å². The van der Waals surface area contributed by atoms with Gasteiger partial charge in [0, 0.05) is 38.6 Å². The van der Waals surface area contributed by atoms with Gasteiger partial charge in [-0.15, -0.1) is 0 Å². The van der Waals surface area contributed by atoms with Crippen LogP contribution in [0.1, 0.15) is 12.0 Å². The van der Waals surface area contributed by atoms with E-state index in [0.717, 1.165) is 0 Å². The van der Waals surface area contributed by atoms with Crippen molar-refractivity contribution in [1.29, 1.82) is 5.26 Å². The normalized spacial score (nSPS) is 16.1. The summed E-state index contributed by atoms with van der Waals surface area (Å²) in [6.45, 7) is 1.70. The number of sulfonamides is 1. The zero-order chi connectivity index (χ0) is 18.7. The van der Waals surface area contributed by atoms with Crippen LogP contribution in [-0.4, -0.2) is 43.9 Å². The number of pyridine rings is 1. The number of anilines is 1. The first kappa shape index (κ1) is 18.9. The third-order valence-electron chi connectivity index (χ3n) is 4.22. The molecule has 0 amide bonds. The third-order valence-corrected chi connectivity index (χ3v) is 6.73. The minimum Gasteiger partial charge on any atom is -0.368 e. The zero-order valence-corrected chi connectivity index (χ0v) is 16.1. The van der Waals surface area contributed by atoms with E-state index in [-0.39, 0.29) is 17.0 Å². The van der Waals surface area contributed by atoms with Crippen molar-refractivity contribution < 1.29 is 8.42 Å². The number of rotatable bonds is 3. The molecule has 1 aliphatic rings. The Hall–Kier alpha value is -1.85. The molecule has 0 unspecified atom stereocenters. The number of hydrogen-bond acceptors (Lipinski definition) is 5. The smallest absolute Gasteiger partial charge is 0.244 e. The second-order valence-electron chi connectivity index (χ2n) is 5.80. The first-order valence-corrected chi connectivity index (χ1v) is 10.2. The van der Waals surface area contributed by atoms with Gasteiger partial charge in [0.05, 0.1) is 26.2 Å². The molecule has 0 atom stereocenters. The first-order valence-electron chi connectivity index (χ1n) is 7.98. The fourth-order valence-electron chi connectivity index (χ4n) is 2.99. The Morgan fingerprint density at radius 3 is 2.42 bits per heavy atom. The van der Waals surface area contributed by atoms with Crippen LogP contribution in [0.2, 0.25) is 10.0 Å². The van der Waals surface area contributed by atoms with Crippen LogP contribution in [0.4, 0.5) is 5.69 Å². The predicted molar refractivity (Wildman–Crippen MR) is 101 cm³/mol. The highest BCUT2D eigenvalue weighted by Crippen LogP contribution is 2.33. The Morgan fingerprint density at radius 1 is 1.04 bits per heavy atom. The molecule has 9 heteroatoms. The summed E-state index contributed by atoms with van der Waals surface area (Å²) in [4.78, 5) is 5.96. The lowest BCUT2D eigenvalue weighted by atomic mass is 10.2. The van der Waals surface area contributed by atoms with E-state index in [9.17, 15) is 13.7 Å². The summed E-state index contributed by atoms with van der Waals surface area (Å²) in [6, 6.07) is 8.19. The molecular weight excluding hydrogens is 395 g/mol. The summed E-state index contributed by atoms with van der Waals surface area (Å²) in [5.41, 5.74) is 0.814. The minimum atomic E-state index is -3.75. The maximum Gasteiger partial charge on any atom is 0.244 e. The zero-order valence-electron chi connectivity index (χ0n) is 13.8. The van der Waals surface area contributed by atoms with E-state index < -0.39 is 10.0 Å². The van der Waals surface area contributed by atoms with E-state index in [1.165, 1.54) is 28.8 Å². The Labute approximate surface area is 162 Å². The molecule has 26 heavy (non-hydrogen) atoms. The monoisotopic (exact) mass is 410 g/mol. The van der Waals surface area contributed by atoms with Crippen molar-refractivity contribution in [3.8, 4) is 6.07 Å². The minimum absolute atomic E-state index is 0.0379. The van der Waals surface area contributed by atoms with Gasteiger partial charge in [0.2, 0.25) is 10.0 Å². The van der Waals surface area contributed by atoms with Crippen molar-refractivity contribution in [2.24, 2.45) is 0 Å². The van der Waals surface area contributed by atoms with Crippen LogP contribution in [0.25, 0.3) is 0 Å². The van der Waals surface area contributed by atoms with Gasteiger partial charge in [-0.1, -0.05) is 35.3 Å². The van der Waals surface area contributed by atoms with Gasteiger partial charge in [0.1, 0.15) is 6.07 Å². The molecule has 2 heterocycles. The van der Waals surface area contributed by atoms with Crippen molar-refractivity contribution in [2.75, 3.05) is 31.1 Å². The quantitative estimate of drug-likeness (QED) is 0.776. The largest absolute Gasteiger partial charge is 0.368 e. The van der Waals surface area contributed by atoms with E-state index in [0.29, 0.717) is 41.8 Å². The number of halogens is 2. The van der Waals surface area contributed by atoms with Crippen LogP contribution in [0, 0.1) is 11.3 Å². The van der Waals surface area contributed by atoms with Crippen molar-refractivity contribution in [1.82, 2.24) is 9.29 Å².